The molecule has 0 aromatic heterocycles. The van der Waals surface area contributed by atoms with Crippen LogP contribution in [0.2, 0.25) is 0 Å². The molecule has 0 saturated heterocycles. The maximum atomic E-state index is 12.3. The zero-order valence-corrected chi connectivity index (χ0v) is 13.6. The molecule has 0 fully saturated rings. The second kappa shape index (κ2) is 7.65. The van der Waals surface area contributed by atoms with Crippen molar-refractivity contribution in [1.29, 1.82) is 0 Å². The van der Waals surface area contributed by atoms with E-state index >= 15 is 0 Å². The fraction of sp³-hybridized carbons (Fsp3) is 0.533. The van der Waals surface area contributed by atoms with E-state index in [0.29, 0.717) is 24.7 Å². The number of benzene rings is 1. The molecule has 0 bridgehead atoms. The Morgan fingerprint density at radius 1 is 1.42 bits per heavy atom. The van der Waals surface area contributed by atoms with Crippen molar-refractivity contribution in [3.63, 3.8) is 0 Å². The molecule has 0 spiro atoms. The van der Waals surface area contributed by atoms with Crippen LogP contribution >= 0.6 is 15.9 Å². The summed E-state index contributed by atoms with van der Waals surface area (Å²) >= 11 is 3.47. The van der Waals surface area contributed by atoms with E-state index in [-0.39, 0.29) is 11.9 Å². The Hall–Kier alpha value is -0.870. The van der Waals surface area contributed by atoms with Gasteiger partial charge in [-0.3, -0.25) is 4.79 Å². The van der Waals surface area contributed by atoms with E-state index in [1.54, 1.807) is 0 Å². The molecular weight excluding hydrogens is 306 g/mol. The van der Waals surface area contributed by atoms with E-state index in [0.717, 1.165) is 10.0 Å². The lowest BCUT2D eigenvalue weighted by Gasteiger charge is -2.22. The summed E-state index contributed by atoms with van der Waals surface area (Å²) in [7, 11) is 0. The molecule has 1 amide bonds. The van der Waals surface area contributed by atoms with E-state index in [9.17, 15) is 4.79 Å². The van der Waals surface area contributed by atoms with Gasteiger partial charge in [-0.15, -0.1) is 0 Å². The SMILES string of the molecule is CCOCC(NC(=O)c1cccc(C)c1Br)C(C)C. The first-order chi connectivity index (χ1) is 8.97. The summed E-state index contributed by atoms with van der Waals surface area (Å²) in [6.07, 6.45) is 0. The van der Waals surface area contributed by atoms with Crippen molar-refractivity contribution < 1.29 is 9.53 Å². The highest BCUT2D eigenvalue weighted by molar-refractivity contribution is 9.10. The highest BCUT2D eigenvalue weighted by Crippen LogP contribution is 2.21. The highest BCUT2D eigenvalue weighted by atomic mass is 79.9. The minimum Gasteiger partial charge on any atom is -0.380 e. The number of ether oxygens (including phenoxy) is 1. The van der Waals surface area contributed by atoms with Crippen LogP contribution in [0.4, 0.5) is 0 Å². The number of rotatable bonds is 6. The molecule has 1 N–H and O–H groups in total. The molecule has 0 aliphatic carbocycles. The van der Waals surface area contributed by atoms with Crippen LogP contribution in [-0.4, -0.2) is 25.2 Å². The van der Waals surface area contributed by atoms with Crippen LogP contribution in [0.25, 0.3) is 0 Å². The zero-order valence-electron chi connectivity index (χ0n) is 12.0. The Labute approximate surface area is 123 Å². The Bertz CT molecular complexity index is 432. The number of hydrogen-bond acceptors (Lipinski definition) is 2. The number of nitrogens with one attached hydrogen (secondary N) is 1. The molecular formula is C15H22BrNO2. The van der Waals surface area contributed by atoms with E-state index < -0.39 is 0 Å². The number of aryl methyl sites for hydroxylation is 1. The molecule has 0 radical (unpaired) electrons. The topological polar surface area (TPSA) is 38.3 Å². The molecule has 4 heteroatoms. The second-order valence-corrected chi connectivity index (χ2v) is 5.71. The molecule has 0 aliphatic heterocycles. The van der Waals surface area contributed by atoms with Crippen molar-refractivity contribution in [2.24, 2.45) is 5.92 Å². The van der Waals surface area contributed by atoms with Gasteiger partial charge in [0.25, 0.3) is 5.91 Å². The molecule has 3 nitrogen and oxygen atoms in total. The molecule has 1 aromatic carbocycles. The van der Waals surface area contributed by atoms with Gasteiger partial charge in [0.05, 0.1) is 18.2 Å². The number of carbonyl (C=O) groups excluding carboxylic acids is 1. The average molecular weight is 328 g/mol. The van der Waals surface area contributed by atoms with Crippen LogP contribution in [0.3, 0.4) is 0 Å². The van der Waals surface area contributed by atoms with Gasteiger partial charge in [-0.1, -0.05) is 26.0 Å². The first kappa shape index (κ1) is 16.2. The lowest BCUT2D eigenvalue weighted by molar-refractivity contribution is 0.0805. The smallest absolute Gasteiger partial charge is 0.252 e. The van der Waals surface area contributed by atoms with Gasteiger partial charge in [-0.2, -0.15) is 0 Å². The molecule has 1 aromatic rings. The van der Waals surface area contributed by atoms with Crippen molar-refractivity contribution in [1.82, 2.24) is 5.32 Å². The van der Waals surface area contributed by atoms with Crippen LogP contribution in [0.1, 0.15) is 36.7 Å². The standard InChI is InChI=1S/C15H22BrNO2/c1-5-19-9-13(10(2)3)17-15(18)12-8-6-7-11(4)14(12)16/h6-8,10,13H,5,9H2,1-4H3,(H,17,18). The van der Waals surface area contributed by atoms with Gasteiger partial charge < -0.3 is 10.1 Å². The van der Waals surface area contributed by atoms with Gasteiger partial charge in [-0.25, -0.2) is 0 Å². The lowest BCUT2D eigenvalue weighted by Crippen LogP contribution is -2.42. The summed E-state index contributed by atoms with van der Waals surface area (Å²) in [6.45, 7) is 9.29. The maximum Gasteiger partial charge on any atom is 0.252 e. The number of hydrogen-bond donors (Lipinski definition) is 1. The van der Waals surface area contributed by atoms with Gasteiger partial charge in [0.2, 0.25) is 0 Å². The minimum atomic E-state index is -0.0611. The van der Waals surface area contributed by atoms with E-state index in [4.69, 9.17) is 4.74 Å². The molecule has 1 atom stereocenters. The summed E-state index contributed by atoms with van der Waals surface area (Å²) in [4.78, 5) is 12.3. The van der Waals surface area contributed by atoms with E-state index in [2.05, 4.69) is 35.1 Å². The van der Waals surface area contributed by atoms with Crippen molar-refractivity contribution in [2.75, 3.05) is 13.2 Å². The third-order valence-electron chi connectivity index (χ3n) is 3.06. The molecule has 1 rings (SSSR count). The molecule has 0 saturated carbocycles. The lowest BCUT2D eigenvalue weighted by atomic mass is 10.0. The molecule has 0 heterocycles. The van der Waals surface area contributed by atoms with Gasteiger partial charge in [0.1, 0.15) is 0 Å². The third-order valence-corrected chi connectivity index (χ3v) is 4.11. The first-order valence-electron chi connectivity index (χ1n) is 6.61. The minimum absolute atomic E-state index is 0.0277. The van der Waals surface area contributed by atoms with E-state index in [1.165, 1.54) is 0 Å². The summed E-state index contributed by atoms with van der Waals surface area (Å²) in [5.74, 6) is 0.271. The zero-order chi connectivity index (χ0) is 14.4. The van der Waals surface area contributed by atoms with Crippen molar-refractivity contribution in [3.8, 4) is 0 Å². The monoisotopic (exact) mass is 327 g/mol. The predicted molar refractivity (Wildman–Crippen MR) is 81.5 cm³/mol. The van der Waals surface area contributed by atoms with E-state index in [1.807, 2.05) is 32.0 Å². The fourth-order valence-corrected chi connectivity index (χ4v) is 2.16. The summed E-state index contributed by atoms with van der Waals surface area (Å²) in [5, 5.41) is 3.04. The van der Waals surface area contributed by atoms with Crippen LogP contribution < -0.4 is 5.32 Å². The fourth-order valence-electron chi connectivity index (χ4n) is 1.71. The van der Waals surface area contributed by atoms with Gasteiger partial charge in [-0.05, 0) is 47.3 Å². The molecule has 19 heavy (non-hydrogen) atoms. The first-order valence-corrected chi connectivity index (χ1v) is 7.40. The number of halogens is 1. The van der Waals surface area contributed by atoms with Crippen LogP contribution in [0.5, 0.6) is 0 Å². The summed E-state index contributed by atoms with van der Waals surface area (Å²) in [6, 6.07) is 5.72. The average Bonchev–Trinajstić information content (AvgIpc) is 2.37. The predicted octanol–water partition coefficient (Wildman–Crippen LogP) is 3.55. The van der Waals surface area contributed by atoms with Gasteiger partial charge >= 0.3 is 0 Å². The van der Waals surface area contributed by atoms with Crippen LogP contribution in [0, 0.1) is 12.8 Å². The van der Waals surface area contributed by atoms with Gasteiger partial charge in [0, 0.05) is 11.1 Å². The second-order valence-electron chi connectivity index (χ2n) is 4.92. The Balaban J connectivity index is 2.79. The van der Waals surface area contributed by atoms with Crippen LogP contribution in [-0.2, 0) is 4.74 Å². The Morgan fingerprint density at radius 2 is 2.11 bits per heavy atom. The third kappa shape index (κ3) is 4.62. The van der Waals surface area contributed by atoms with Crippen LogP contribution in [0.15, 0.2) is 22.7 Å². The molecule has 106 valence electrons. The Kier molecular flexibility index (Phi) is 6.52. The van der Waals surface area contributed by atoms with Crippen molar-refractivity contribution in [2.45, 2.75) is 33.7 Å². The normalized spacial score (nSPS) is 12.5. The highest BCUT2D eigenvalue weighted by Gasteiger charge is 2.19. The number of amides is 1. The Morgan fingerprint density at radius 3 is 2.68 bits per heavy atom. The largest absolute Gasteiger partial charge is 0.380 e. The quantitative estimate of drug-likeness (QED) is 0.867. The summed E-state index contributed by atoms with van der Waals surface area (Å²) < 4.78 is 6.27. The summed E-state index contributed by atoms with van der Waals surface area (Å²) in [5.41, 5.74) is 1.72. The maximum absolute atomic E-state index is 12.3. The number of carbonyl (C=O) groups is 1. The van der Waals surface area contributed by atoms with Crippen molar-refractivity contribution in [3.05, 3.63) is 33.8 Å². The molecule has 0 aliphatic rings. The van der Waals surface area contributed by atoms with Gasteiger partial charge in [0.15, 0.2) is 0 Å². The van der Waals surface area contributed by atoms with Crippen molar-refractivity contribution >= 4 is 21.8 Å². The molecule has 1 unspecified atom stereocenters.